The molecule has 1 atom stereocenters. The summed E-state index contributed by atoms with van der Waals surface area (Å²) < 4.78 is 26.8. The maximum absolute atomic E-state index is 13.2. The minimum Gasteiger partial charge on any atom is -0.324 e. The van der Waals surface area contributed by atoms with Gasteiger partial charge >= 0.3 is 0 Å². The summed E-state index contributed by atoms with van der Waals surface area (Å²) in [4.78, 5) is 0. The maximum atomic E-state index is 13.2. The van der Waals surface area contributed by atoms with Crippen LogP contribution in [0.1, 0.15) is 24.9 Å². The molecule has 4 heteroatoms. The Morgan fingerprint density at radius 1 is 1.38 bits per heavy atom. The third kappa shape index (κ3) is 2.25. The lowest BCUT2D eigenvalue weighted by Crippen LogP contribution is -2.13. The lowest BCUT2D eigenvalue weighted by molar-refractivity contribution is 0.519. The van der Waals surface area contributed by atoms with Crippen LogP contribution in [0, 0.1) is 11.6 Å². The number of hydrogen-bond acceptors (Lipinski definition) is 1. The summed E-state index contributed by atoms with van der Waals surface area (Å²) in [6.07, 6.45) is 0.509. The topological polar surface area (TPSA) is 26.0 Å². The fourth-order valence-electron chi connectivity index (χ4n) is 1.11. The summed E-state index contributed by atoms with van der Waals surface area (Å²) in [6, 6.07) is 1.86. The van der Waals surface area contributed by atoms with E-state index in [0.29, 0.717) is 10.9 Å². The number of halogens is 3. The molecule has 13 heavy (non-hydrogen) atoms. The molecule has 0 saturated carbocycles. The predicted octanol–water partition coefficient (Wildman–Crippen LogP) is 3.14. The normalized spacial score (nSPS) is 13.0. The Bertz CT molecular complexity index is 291. The van der Waals surface area contributed by atoms with Crippen molar-refractivity contribution < 1.29 is 8.78 Å². The highest BCUT2D eigenvalue weighted by molar-refractivity contribution is 9.10. The van der Waals surface area contributed by atoms with Crippen molar-refractivity contribution in [2.24, 2.45) is 5.73 Å². The highest BCUT2D eigenvalue weighted by Gasteiger charge is 2.15. The van der Waals surface area contributed by atoms with E-state index in [1.165, 1.54) is 12.1 Å². The maximum Gasteiger partial charge on any atom is 0.132 e. The Labute approximate surface area is 84.1 Å². The van der Waals surface area contributed by atoms with Gasteiger partial charge in [0.15, 0.2) is 0 Å². The smallest absolute Gasteiger partial charge is 0.132 e. The molecule has 1 rings (SSSR count). The molecule has 0 bridgehead atoms. The Kier molecular flexibility index (Phi) is 3.39. The van der Waals surface area contributed by atoms with Crippen molar-refractivity contribution in [1.82, 2.24) is 0 Å². The standard InChI is InChI=1S/C9H10BrF2N/c1-2-8(13)9-6(11)3-5(10)4-7(9)12/h3-4,8H,2,13H2,1H3. The van der Waals surface area contributed by atoms with Gasteiger partial charge in [0.1, 0.15) is 11.6 Å². The first-order valence-electron chi connectivity index (χ1n) is 3.96. The molecule has 0 aliphatic rings. The molecule has 2 N–H and O–H groups in total. The Hall–Kier alpha value is -0.480. The van der Waals surface area contributed by atoms with E-state index in [2.05, 4.69) is 15.9 Å². The van der Waals surface area contributed by atoms with E-state index < -0.39 is 17.7 Å². The highest BCUT2D eigenvalue weighted by atomic mass is 79.9. The molecule has 0 spiro atoms. The van der Waals surface area contributed by atoms with Crippen LogP contribution in [0.4, 0.5) is 8.78 Å². The van der Waals surface area contributed by atoms with Gasteiger partial charge in [-0.05, 0) is 18.6 Å². The van der Waals surface area contributed by atoms with Crippen LogP contribution in [0.3, 0.4) is 0 Å². The van der Waals surface area contributed by atoms with Gasteiger partial charge in [-0.2, -0.15) is 0 Å². The quantitative estimate of drug-likeness (QED) is 0.857. The predicted molar refractivity (Wildman–Crippen MR) is 51.3 cm³/mol. The zero-order chi connectivity index (χ0) is 10.0. The van der Waals surface area contributed by atoms with Gasteiger partial charge in [0.2, 0.25) is 0 Å². The number of rotatable bonds is 2. The second-order valence-corrected chi connectivity index (χ2v) is 3.71. The monoisotopic (exact) mass is 249 g/mol. The van der Waals surface area contributed by atoms with Gasteiger partial charge in [0.05, 0.1) is 0 Å². The van der Waals surface area contributed by atoms with Gasteiger partial charge in [-0.3, -0.25) is 0 Å². The molecule has 1 aromatic carbocycles. The van der Waals surface area contributed by atoms with Crippen LogP contribution >= 0.6 is 15.9 Å². The number of nitrogens with two attached hydrogens (primary N) is 1. The summed E-state index contributed by atoms with van der Waals surface area (Å²) in [7, 11) is 0. The average Bonchev–Trinajstić information content (AvgIpc) is 2.02. The van der Waals surface area contributed by atoms with Crippen LogP contribution in [0.15, 0.2) is 16.6 Å². The molecule has 72 valence electrons. The zero-order valence-corrected chi connectivity index (χ0v) is 8.74. The van der Waals surface area contributed by atoms with Crippen molar-refractivity contribution >= 4 is 15.9 Å². The van der Waals surface area contributed by atoms with Crippen LogP contribution in [-0.4, -0.2) is 0 Å². The van der Waals surface area contributed by atoms with Crippen LogP contribution in [-0.2, 0) is 0 Å². The van der Waals surface area contributed by atoms with Gasteiger partial charge in [0, 0.05) is 16.1 Å². The molecule has 0 aromatic heterocycles. The van der Waals surface area contributed by atoms with Crippen molar-refractivity contribution in [3.63, 3.8) is 0 Å². The van der Waals surface area contributed by atoms with E-state index in [1.807, 2.05) is 0 Å². The van der Waals surface area contributed by atoms with E-state index >= 15 is 0 Å². The van der Waals surface area contributed by atoms with Gasteiger partial charge < -0.3 is 5.73 Å². The number of hydrogen-bond donors (Lipinski definition) is 1. The Morgan fingerprint density at radius 2 is 1.85 bits per heavy atom. The molecule has 0 fully saturated rings. The molecule has 0 radical (unpaired) electrons. The van der Waals surface area contributed by atoms with E-state index in [-0.39, 0.29) is 5.56 Å². The molecule has 0 saturated heterocycles. The van der Waals surface area contributed by atoms with Gasteiger partial charge in [-0.15, -0.1) is 0 Å². The minimum atomic E-state index is -0.596. The first-order chi connectivity index (χ1) is 6.06. The third-order valence-electron chi connectivity index (χ3n) is 1.85. The first-order valence-corrected chi connectivity index (χ1v) is 4.75. The van der Waals surface area contributed by atoms with Crippen molar-refractivity contribution in [3.8, 4) is 0 Å². The molecule has 1 unspecified atom stereocenters. The van der Waals surface area contributed by atoms with Crippen molar-refractivity contribution in [2.75, 3.05) is 0 Å². The molecule has 1 aromatic rings. The van der Waals surface area contributed by atoms with Crippen LogP contribution < -0.4 is 5.73 Å². The summed E-state index contributed by atoms with van der Waals surface area (Å²) in [6.45, 7) is 1.78. The van der Waals surface area contributed by atoms with E-state index in [0.717, 1.165) is 0 Å². The van der Waals surface area contributed by atoms with E-state index in [4.69, 9.17) is 5.73 Å². The summed E-state index contributed by atoms with van der Waals surface area (Å²) >= 11 is 3.00. The SMILES string of the molecule is CCC(N)c1c(F)cc(Br)cc1F. The summed E-state index contributed by atoms with van der Waals surface area (Å²) in [5, 5.41) is 0. The van der Waals surface area contributed by atoms with Gasteiger partial charge in [-0.1, -0.05) is 22.9 Å². The lowest BCUT2D eigenvalue weighted by Gasteiger charge is -2.11. The fraction of sp³-hybridized carbons (Fsp3) is 0.333. The molecule has 0 heterocycles. The molecule has 0 amide bonds. The van der Waals surface area contributed by atoms with Crippen molar-refractivity contribution in [3.05, 3.63) is 33.8 Å². The Morgan fingerprint density at radius 3 is 2.23 bits per heavy atom. The third-order valence-corrected chi connectivity index (χ3v) is 2.31. The second kappa shape index (κ2) is 4.15. The average molecular weight is 250 g/mol. The van der Waals surface area contributed by atoms with E-state index in [1.54, 1.807) is 6.92 Å². The second-order valence-electron chi connectivity index (χ2n) is 2.80. The molecule has 1 nitrogen and oxygen atoms in total. The van der Waals surface area contributed by atoms with Gasteiger partial charge in [-0.25, -0.2) is 8.78 Å². The van der Waals surface area contributed by atoms with Crippen LogP contribution in [0.25, 0.3) is 0 Å². The molecule has 0 aliphatic heterocycles. The van der Waals surface area contributed by atoms with Crippen LogP contribution in [0.2, 0.25) is 0 Å². The summed E-state index contributed by atoms with van der Waals surface area (Å²) in [5.74, 6) is -1.19. The molecule has 0 aliphatic carbocycles. The Balaban J connectivity index is 3.20. The molecular weight excluding hydrogens is 240 g/mol. The summed E-state index contributed by atoms with van der Waals surface area (Å²) in [5.41, 5.74) is 5.51. The molecular formula is C9H10BrF2N. The van der Waals surface area contributed by atoms with Crippen LogP contribution in [0.5, 0.6) is 0 Å². The lowest BCUT2D eigenvalue weighted by atomic mass is 10.0. The zero-order valence-electron chi connectivity index (χ0n) is 7.15. The van der Waals surface area contributed by atoms with Crippen molar-refractivity contribution in [1.29, 1.82) is 0 Å². The highest BCUT2D eigenvalue weighted by Crippen LogP contribution is 2.24. The fourth-order valence-corrected chi connectivity index (χ4v) is 1.51. The van der Waals surface area contributed by atoms with E-state index in [9.17, 15) is 8.78 Å². The van der Waals surface area contributed by atoms with Gasteiger partial charge in [0.25, 0.3) is 0 Å². The number of benzene rings is 1. The largest absolute Gasteiger partial charge is 0.324 e. The first kappa shape index (κ1) is 10.6. The van der Waals surface area contributed by atoms with Crippen molar-refractivity contribution in [2.45, 2.75) is 19.4 Å². The minimum absolute atomic E-state index is 0.0364.